The number of β-amino-alcohol motifs (C(OH)–C–C–N with tert-alkyl or cyclic N) is 1. The highest BCUT2D eigenvalue weighted by Gasteiger charge is 2.16. The van der Waals surface area contributed by atoms with Crippen LogP contribution in [0.3, 0.4) is 0 Å². The van der Waals surface area contributed by atoms with Gasteiger partial charge in [-0.3, -0.25) is 4.90 Å². The van der Waals surface area contributed by atoms with Crippen LogP contribution in [0.2, 0.25) is 0 Å². The van der Waals surface area contributed by atoms with Crippen molar-refractivity contribution in [3.63, 3.8) is 0 Å². The number of hydrogen-bond donors (Lipinski definition) is 2. The molecule has 1 aliphatic rings. The van der Waals surface area contributed by atoms with E-state index in [1.165, 1.54) is 16.5 Å². The Bertz CT molecular complexity index is 804. The average Bonchev–Trinajstić information content (AvgIpc) is 3.11. The molecule has 3 aromatic rings. The van der Waals surface area contributed by atoms with Crippen LogP contribution in [0.25, 0.3) is 22.0 Å². The lowest BCUT2D eigenvalue weighted by molar-refractivity contribution is 0.0143. The lowest BCUT2D eigenvalue weighted by atomic mass is 9.99. The van der Waals surface area contributed by atoms with Gasteiger partial charge in [0.1, 0.15) is 0 Å². The number of H-pyrrole nitrogens is 1. The fourth-order valence-electron chi connectivity index (χ4n) is 3.36. The minimum Gasteiger partial charge on any atom is -0.387 e. The number of morpholine rings is 1. The molecule has 24 heavy (non-hydrogen) atoms. The Hall–Kier alpha value is -2.14. The molecule has 4 heteroatoms. The number of nitrogens with zero attached hydrogens (tertiary/aromatic N) is 1. The van der Waals surface area contributed by atoms with E-state index < -0.39 is 6.10 Å². The highest BCUT2D eigenvalue weighted by Crippen LogP contribution is 2.29. The molecule has 1 unspecified atom stereocenters. The predicted octanol–water partition coefficient (Wildman–Crippen LogP) is 3.20. The fraction of sp³-hybridized carbons (Fsp3) is 0.300. The highest BCUT2D eigenvalue weighted by molar-refractivity contribution is 5.95. The molecule has 0 saturated carbocycles. The monoisotopic (exact) mass is 322 g/mol. The van der Waals surface area contributed by atoms with Gasteiger partial charge in [-0.2, -0.15) is 0 Å². The molecule has 0 bridgehead atoms. The lowest BCUT2D eigenvalue weighted by Gasteiger charge is -2.28. The van der Waals surface area contributed by atoms with E-state index in [4.69, 9.17) is 4.74 Å². The summed E-state index contributed by atoms with van der Waals surface area (Å²) in [5, 5.41) is 11.7. The number of hydrogen-bond acceptors (Lipinski definition) is 3. The van der Waals surface area contributed by atoms with Crippen LogP contribution in [-0.4, -0.2) is 47.8 Å². The predicted molar refractivity (Wildman–Crippen MR) is 96.0 cm³/mol. The van der Waals surface area contributed by atoms with Gasteiger partial charge in [-0.05, 0) is 28.8 Å². The zero-order valence-electron chi connectivity index (χ0n) is 13.6. The molecule has 0 amide bonds. The van der Waals surface area contributed by atoms with Crippen molar-refractivity contribution < 1.29 is 9.84 Å². The van der Waals surface area contributed by atoms with E-state index in [2.05, 4.69) is 46.3 Å². The number of aliphatic hydroxyl groups is 1. The van der Waals surface area contributed by atoms with Crippen molar-refractivity contribution in [2.75, 3.05) is 32.8 Å². The van der Waals surface area contributed by atoms with E-state index in [0.717, 1.165) is 37.4 Å². The van der Waals surface area contributed by atoms with E-state index in [-0.39, 0.29) is 0 Å². The second kappa shape index (κ2) is 6.77. The second-order valence-corrected chi connectivity index (χ2v) is 6.30. The summed E-state index contributed by atoms with van der Waals surface area (Å²) in [5.41, 5.74) is 4.49. The molecule has 1 atom stereocenters. The third kappa shape index (κ3) is 3.08. The number of aromatic amines is 1. The van der Waals surface area contributed by atoms with Gasteiger partial charge < -0.3 is 14.8 Å². The molecular weight excluding hydrogens is 300 g/mol. The molecule has 0 spiro atoms. The zero-order chi connectivity index (χ0) is 16.4. The van der Waals surface area contributed by atoms with Gasteiger partial charge in [0.2, 0.25) is 0 Å². The molecule has 4 rings (SSSR count). The van der Waals surface area contributed by atoms with Crippen LogP contribution in [-0.2, 0) is 4.74 Å². The summed E-state index contributed by atoms with van der Waals surface area (Å²) >= 11 is 0. The largest absolute Gasteiger partial charge is 0.387 e. The summed E-state index contributed by atoms with van der Waals surface area (Å²) in [7, 11) is 0. The third-order valence-corrected chi connectivity index (χ3v) is 4.74. The topological polar surface area (TPSA) is 48.5 Å². The maximum Gasteiger partial charge on any atom is 0.0916 e. The molecule has 0 aliphatic carbocycles. The summed E-state index contributed by atoms with van der Waals surface area (Å²) in [5.74, 6) is 0. The van der Waals surface area contributed by atoms with Crippen molar-refractivity contribution in [3.05, 3.63) is 60.3 Å². The van der Waals surface area contributed by atoms with Gasteiger partial charge in [-0.25, -0.2) is 0 Å². The maximum absolute atomic E-state index is 10.5. The van der Waals surface area contributed by atoms with Crippen LogP contribution in [0.15, 0.2) is 54.7 Å². The van der Waals surface area contributed by atoms with E-state index in [9.17, 15) is 5.11 Å². The Morgan fingerprint density at radius 2 is 1.83 bits per heavy atom. The Morgan fingerprint density at radius 1 is 1.04 bits per heavy atom. The van der Waals surface area contributed by atoms with Crippen LogP contribution in [0, 0.1) is 0 Å². The smallest absolute Gasteiger partial charge is 0.0916 e. The number of aromatic nitrogens is 1. The summed E-state index contributed by atoms with van der Waals surface area (Å²) in [6.07, 6.45) is 1.51. The van der Waals surface area contributed by atoms with E-state index in [1.807, 2.05) is 18.3 Å². The molecule has 124 valence electrons. The van der Waals surface area contributed by atoms with Crippen LogP contribution in [0.1, 0.15) is 11.7 Å². The molecule has 0 radical (unpaired) electrons. The SMILES string of the molecule is OC(CN1CCOCC1)c1ccc(-c2cccc3[nH]ccc23)cc1. The Morgan fingerprint density at radius 3 is 2.62 bits per heavy atom. The number of rotatable bonds is 4. The van der Waals surface area contributed by atoms with Gasteiger partial charge in [-0.1, -0.05) is 36.4 Å². The van der Waals surface area contributed by atoms with Crippen molar-refractivity contribution in [1.29, 1.82) is 0 Å². The minimum atomic E-state index is -0.458. The van der Waals surface area contributed by atoms with Gasteiger partial charge in [0.05, 0.1) is 19.3 Å². The number of fused-ring (bicyclic) bond motifs is 1. The summed E-state index contributed by atoms with van der Waals surface area (Å²) in [6.45, 7) is 3.96. The molecule has 4 nitrogen and oxygen atoms in total. The molecule has 2 heterocycles. The van der Waals surface area contributed by atoms with Crippen molar-refractivity contribution >= 4 is 10.9 Å². The number of benzene rings is 2. The van der Waals surface area contributed by atoms with Crippen LogP contribution >= 0.6 is 0 Å². The first kappa shape index (κ1) is 15.4. The Kier molecular flexibility index (Phi) is 4.34. The van der Waals surface area contributed by atoms with E-state index in [0.29, 0.717) is 6.54 Å². The van der Waals surface area contributed by atoms with E-state index in [1.54, 1.807) is 0 Å². The van der Waals surface area contributed by atoms with Crippen molar-refractivity contribution in [1.82, 2.24) is 9.88 Å². The van der Waals surface area contributed by atoms with Crippen molar-refractivity contribution in [2.45, 2.75) is 6.10 Å². The summed E-state index contributed by atoms with van der Waals surface area (Å²) in [4.78, 5) is 5.50. The van der Waals surface area contributed by atoms with E-state index >= 15 is 0 Å². The number of nitrogens with one attached hydrogen (secondary N) is 1. The van der Waals surface area contributed by atoms with Gasteiger partial charge in [-0.15, -0.1) is 0 Å². The summed E-state index contributed by atoms with van der Waals surface area (Å²) < 4.78 is 5.35. The molecular formula is C20H22N2O2. The molecule has 2 aromatic carbocycles. The molecule has 1 saturated heterocycles. The maximum atomic E-state index is 10.5. The van der Waals surface area contributed by atoms with Gasteiger partial charge in [0, 0.05) is 36.7 Å². The van der Waals surface area contributed by atoms with Crippen molar-refractivity contribution in [3.8, 4) is 11.1 Å². The first-order chi connectivity index (χ1) is 11.8. The van der Waals surface area contributed by atoms with Crippen molar-refractivity contribution in [2.24, 2.45) is 0 Å². The quantitative estimate of drug-likeness (QED) is 0.775. The minimum absolute atomic E-state index is 0.458. The lowest BCUT2D eigenvalue weighted by Crippen LogP contribution is -2.38. The normalized spacial score (nSPS) is 17.2. The summed E-state index contributed by atoms with van der Waals surface area (Å²) in [6, 6.07) is 16.6. The van der Waals surface area contributed by atoms with Crippen LogP contribution < -0.4 is 0 Å². The second-order valence-electron chi connectivity index (χ2n) is 6.30. The number of ether oxygens (including phenoxy) is 1. The Balaban J connectivity index is 1.53. The Labute approximate surface area is 141 Å². The van der Waals surface area contributed by atoms with Crippen LogP contribution in [0.4, 0.5) is 0 Å². The first-order valence-electron chi connectivity index (χ1n) is 8.46. The fourth-order valence-corrected chi connectivity index (χ4v) is 3.36. The molecule has 1 aromatic heterocycles. The number of aliphatic hydroxyl groups excluding tert-OH is 1. The standard InChI is InChI=1S/C20H22N2O2/c23-20(14-22-10-12-24-13-11-22)16-6-4-15(5-7-16)17-2-1-3-19-18(17)8-9-21-19/h1-9,20-21,23H,10-14H2. The third-order valence-electron chi connectivity index (χ3n) is 4.74. The molecule has 2 N–H and O–H groups in total. The molecule has 1 fully saturated rings. The average molecular weight is 322 g/mol. The van der Waals surface area contributed by atoms with Gasteiger partial charge >= 0.3 is 0 Å². The van der Waals surface area contributed by atoms with Gasteiger partial charge in [0.25, 0.3) is 0 Å². The van der Waals surface area contributed by atoms with Crippen LogP contribution in [0.5, 0.6) is 0 Å². The van der Waals surface area contributed by atoms with Gasteiger partial charge in [0.15, 0.2) is 0 Å². The zero-order valence-corrected chi connectivity index (χ0v) is 13.6. The first-order valence-corrected chi connectivity index (χ1v) is 8.46. The molecule has 1 aliphatic heterocycles. The highest BCUT2D eigenvalue weighted by atomic mass is 16.5.